The number of phosphoric ester groups is 2. The molecule has 0 aromatic heterocycles. The van der Waals surface area contributed by atoms with Gasteiger partial charge in [-0.1, -0.05) is 265 Å². The number of esters is 4. The standard InChI is InChI=1S/C81H140O17P2/c1-5-9-13-17-21-25-29-33-35-37-39-43-45-49-53-57-61-65-78(83)91-71-76(97-80(85)67-63-59-55-51-47-41-31-27-23-19-15-11-7-3)73-95-99(87,88)93-69-75(82)70-94-100(89,90)96-74-77(98-81(86)68-64-60-56-52-48-42-32-28-24-20-16-12-8-4)72-92-79(84)66-62-58-54-50-46-44-40-38-36-34-30-26-22-18-14-10-6-2/h9-10,13-15,19,21-22,25-28,31-36,75-77,82H,5-8,11-12,16-18,20,23-24,29-30,37-74H2,1-4H3,(H,87,88)(H,89,90)/b13-9-,14-10-,19-15-,25-21-,26-22-,31-27-,32-28-,35-33-,36-34-. The van der Waals surface area contributed by atoms with E-state index in [1.807, 2.05) is 0 Å². The van der Waals surface area contributed by atoms with Crippen LogP contribution >= 0.6 is 15.6 Å². The molecule has 0 aliphatic rings. The van der Waals surface area contributed by atoms with Crippen molar-refractivity contribution in [3.05, 3.63) is 109 Å². The van der Waals surface area contributed by atoms with Crippen LogP contribution in [0.4, 0.5) is 0 Å². The Morgan fingerprint density at radius 3 is 0.850 bits per heavy atom. The third-order valence-corrected chi connectivity index (χ3v) is 18.1. The first kappa shape index (κ1) is 95.7. The molecule has 5 unspecified atom stereocenters. The third kappa shape index (κ3) is 72.1. The topological polar surface area (TPSA) is 237 Å². The van der Waals surface area contributed by atoms with E-state index in [-0.39, 0.29) is 25.7 Å². The highest BCUT2D eigenvalue weighted by Gasteiger charge is 2.30. The summed E-state index contributed by atoms with van der Waals surface area (Å²) in [5.41, 5.74) is 0. The van der Waals surface area contributed by atoms with Gasteiger partial charge in [0.1, 0.15) is 19.3 Å². The Balaban J connectivity index is 5.34. The number of ether oxygens (including phenoxy) is 4. The van der Waals surface area contributed by atoms with Gasteiger partial charge in [-0.25, -0.2) is 9.13 Å². The SMILES string of the molecule is CC/C=C\C/C=C\C/C=C\CCCCCCCCCC(=O)OCC(COP(=O)(O)OCC(O)COP(=O)(O)OCC(COC(=O)CCCCCCCCC/C=C\C/C=C\C/C=C\CC)OC(=O)CCCCCCC/C=C\CCCCCC)OC(=O)CCCCCCC/C=C\C/C=C\CCC. The second-order valence-corrected chi connectivity index (χ2v) is 28.8. The predicted molar refractivity (Wildman–Crippen MR) is 408 cm³/mol. The zero-order valence-electron chi connectivity index (χ0n) is 62.8. The summed E-state index contributed by atoms with van der Waals surface area (Å²) in [5.74, 6) is -2.21. The lowest BCUT2D eigenvalue weighted by Crippen LogP contribution is -2.30. The molecular weight excluding hydrogens is 1310 g/mol. The Labute approximate surface area is 607 Å². The van der Waals surface area contributed by atoms with Gasteiger partial charge in [0.2, 0.25) is 0 Å². The van der Waals surface area contributed by atoms with Crippen molar-refractivity contribution in [3.8, 4) is 0 Å². The fraction of sp³-hybridized carbons (Fsp3) is 0.728. The highest BCUT2D eigenvalue weighted by molar-refractivity contribution is 7.47. The molecule has 0 aromatic carbocycles. The van der Waals surface area contributed by atoms with Gasteiger partial charge in [0.15, 0.2) is 12.2 Å². The van der Waals surface area contributed by atoms with Gasteiger partial charge in [-0.2, -0.15) is 0 Å². The molecule has 0 fully saturated rings. The minimum absolute atomic E-state index is 0.0756. The number of allylic oxidation sites excluding steroid dienone is 18. The average Bonchev–Trinajstić information content (AvgIpc) is 0.943. The van der Waals surface area contributed by atoms with Crippen LogP contribution in [-0.2, 0) is 65.4 Å². The van der Waals surface area contributed by atoms with Gasteiger partial charge in [0.05, 0.1) is 26.4 Å². The molecule has 0 radical (unpaired) electrons. The zero-order valence-corrected chi connectivity index (χ0v) is 64.6. The van der Waals surface area contributed by atoms with Gasteiger partial charge in [-0.05, 0) is 141 Å². The number of hydrogen-bond acceptors (Lipinski definition) is 15. The van der Waals surface area contributed by atoms with E-state index >= 15 is 0 Å². The molecule has 0 aliphatic heterocycles. The zero-order chi connectivity index (χ0) is 73.2. The number of hydrogen-bond donors (Lipinski definition) is 3. The van der Waals surface area contributed by atoms with Crippen molar-refractivity contribution in [3.63, 3.8) is 0 Å². The van der Waals surface area contributed by atoms with E-state index in [2.05, 4.69) is 137 Å². The van der Waals surface area contributed by atoms with Crippen LogP contribution in [0.1, 0.15) is 323 Å². The second kappa shape index (κ2) is 73.0. The van der Waals surface area contributed by atoms with E-state index in [0.29, 0.717) is 25.7 Å². The van der Waals surface area contributed by atoms with Crippen LogP contribution in [0.3, 0.4) is 0 Å². The average molecular weight is 1450 g/mol. The Morgan fingerprint density at radius 1 is 0.290 bits per heavy atom. The molecule has 576 valence electrons. The van der Waals surface area contributed by atoms with Crippen LogP contribution in [0.5, 0.6) is 0 Å². The fourth-order valence-corrected chi connectivity index (χ4v) is 11.9. The lowest BCUT2D eigenvalue weighted by molar-refractivity contribution is -0.161. The minimum atomic E-state index is -4.98. The second-order valence-electron chi connectivity index (χ2n) is 25.9. The van der Waals surface area contributed by atoms with E-state index < -0.39 is 97.5 Å². The molecule has 0 aliphatic carbocycles. The van der Waals surface area contributed by atoms with E-state index in [0.717, 1.165) is 218 Å². The number of rotatable bonds is 73. The first-order valence-electron chi connectivity index (χ1n) is 39.1. The number of aliphatic hydroxyl groups excluding tert-OH is 1. The lowest BCUT2D eigenvalue weighted by Gasteiger charge is -2.21. The Morgan fingerprint density at radius 2 is 0.540 bits per heavy atom. The largest absolute Gasteiger partial charge is 0.472 e. The Kier molecular flexibility index (Phi) is 69.9. The molecule has 0 saturated heterocycles. The predicted octanol–water partition coefficient (Wildman–Crippen LogP) is 22.6. The van der Waals surface area contributed by atoms with Crippen LogP contribution < -0.4 is 0 Å². The van der Waals surface area contributed by atoms with E-state index in [9.17, 15) is 43.2 Å². The van der Waals surface area contributed by atoms with E-state index in [1.54, 1.807) is 0 Å². The Bertz CT molecular complexity index is 2320. The van der Waals surface area contributed by atoms with Crippen LogP contribution in [0.2, 0.25) is 0 Å². The molecule has 100 heavy (non-hydrogen) atoms. The minimum Gasteiger partial charge on any atom is -0.462 e. The normalized spacial score (nSPS) is 14.5. The van der Waals surface area contributed by atoms with Gasteiger partial charge < -0.3 is 33.8 Å². The van der Waals surface area contributed by atoms with Crippen molar-refractivity contribution < 1.29 is 80.2 Å². The summed E-state index contributed by atoms with van der Waals surface area (Å²) in [7, 11) is -9.96. The van der Waals surface area contributed by atoms with Crippen LogP contribution in [0, 0.1) is 0 Å². The van der Waals surface area contributed by atoms with Crippen molar-refractivity contribution in [2.24, 2.45) is 0 Å². The van der Waals surface area contributed by atoms with E-state index in [1.165, 1.54) is 25.7 Å². The number of unbranched alkanes of at least 4 members (excludes halogenated alkanes) is 29. The maximum absolute atomic E-state index is 13.1. The van der Waals surface area contributed by atoms with Crippen molar-refractivity contribution in [1.82, 2.24) is 0 Å². The fourth-order valence-electron chi connectivity index (χ4n) is 10.3. The summed E-state index contributed by atoms with van der Waals surface area (Å²) in [6, 6.07) is 0. The molecule has 0 spiro atoms. The summed E-state index contributed by atoms with van der Waals surface area (Å²) < 4.78 is 68.5. The maximum atomic E-state index is 13.1. The van der Waals surface area contributed by atoms with Crippen LogP contribution in [0.15, 0.2) is 109 Å². The van der Waals surface area contributed by atoms with Gasteiger partial charge >= 0.3 is 39.5 Å². The summed E-state index contributed by atoms with van der Waals surface area (Å²) >= 11 is 0. The van der Waals surface area contributed by atoms with Crippen molar-refractivity contribution >= 4 is 39.5 Å². The lowest BCUT2D eigenvalue weighted by atomic mass is 10.1. The molecule has 0 rings (SSSR count). The molecule has 17 nitrogen and oxygen atoms in total. The third-order valence-electron chi connectivity index (χ3n) is 16.2. The Hall–Kier alpha value is -4.28. The number of carbonyl (C=O) groups is 4. The van der Waals surface area contributed by atoms with Crippen molar-refractivity contribution in [2.45, 2.75) is 341 Å². The molecule has 0 heterocycles. The van der Waals surface area contributed by atoms with Gasteiger partial charge in [0.25, 0.3) is 0 Å². The highest BCUT2D eigenvalue weighted by atomic mass is 31.2. The van der Waals surface area contributed by atoms with Crippen molar-refractivity contribution in [1.29, 1.82) is 0 Å². The summed E-state index contributed by atoms with van der Waals surface area (Å²) in [6.45, 7) is 4.55. The summed E-state index contributed by atoms with van der Waals surface area (Å²) in [5, 5.41) is 10.6. The number of carbonyl (C=O) groups excluding carboxylic acids is 4. The summed E-state index contributed by atoms with van der Waals surface area (Å²) in [6.07, 6.45) is 77.8. The van der Waals surface area contributed by atoms with Crippen LogP contribution in [-0.4, -0.2) is 96.7 Å². The molecule has 0 bridgehead atoms. The molecule has 0 aromatic rings. The smallest absolute Gasteiger partial charge is 0.462 e. The molecule has 0 saturated carbocycles. The molecule has 0 amide bonds. The van der Waals surface area contributed by atoms with Gasteiger partial charge in [-0.3, -0.25) is 37.3 Å². The maximum Gasteiger partial charge on any atom is 0.472 e. The van der Waals surface area contributed by atoms with Gasteiger partial charge in [-0.15, -0.1) is 0 Å². The molecule has 5 atom stereocenters. The summed E-state index contributed by atoms with van der Waals surface area (Å²) in [4.78, 5) is 72.9. The van der Waals surface area contributed by atoms with Gasteiger partial charge in [0, 0.05) is 25.7 Å². The number of aliphatic hydroxyl groups is 1. The molecular formula is C81H140O17P2. The number of phosphoric acid groups is 2. The monoisotopic (exact) mass is 1450 g/mol. The first-order chi connectivity index (χ1) is 48.7. The quantitative estimate of drug-likeness (QED) is 0.0169. The molecule has 3 N–H and O–H groups in total. The van der Waals surface area contributed by atoms with E-state index in [4.69, 9.17) is 37.0 Å². The molecule has 19 heteroatoms. The highest BCUT2D eigenvalue weighted by Crippen LogP contribution is 2.45. The van der Waals surface area contributed by atoms with Crippen molar-refractivity contribution in [2.75, 3.05) is 39.6 Å². The first-order valence-corrected chi connectivity index (χ1v) is 42.1. The van der Waals surface area contributed by atoms with Crippen LogP contribution in [0.25, 0.3) is 0 Å².